The Kier molecular flexibility index (Phi) is 8.30. The highest BCUT2D eigenvalue weighted by atomic mass is 79.9. The number of nitrogens with one attached hydrogen (secondary N) is 2. The summed E-state index contributed by atoms with van der Waals surface area (Å²) in [5.41, 5.74) is 7.82. The summed E-state index contributed by atoms with van der Waals surface area (Å²) in [5, 5.41) is 10.0. The van der Waals surface area contributed by atoms with Crippen molar-refractivity contribution in [1.82, 2.24) is 15.5 Å². The lowest BCUT2D eigenvalue weighted by Crippen LogP contribution is -2.40. The Balaban J connectivity index is 0.00000264. The van der Waals surface area contributed by atoms with E-state index in [1.807, 2.05) is 30.3 Å². The first-order valence-electron chi connectivity index (χ1n) is 7.47. The number of benzene rings is 1. The zero-order valence-electron chi connectivity index (χ0n) is 13.0. The number of nitrogens with two attached hydrogens (primary N) is 1. The fourth-order valence-corrected chi connectivity index (χ4v) is 2.81. The van der Waals surface area contributed by atoms with Gasteiger partial charge in [-0.2, -0.15) is 5.10 Å². The molecule has 0 aliphatic heterocycles. The smallest absolute Gasteiger partial charge is 0.270 e. The van der Waals surface area contributed by atoms with Gasteiger partial charge in [-0.05, 0) is 22.4 Å². The average Bonchev–Trinajstić information content (AvgIpc) is 2.93. The van der Waals surface area contributed by atoms with Gasteiger partial charge in [-0.25, -0.2) is 0 Å². The predicted molar refractivity (Wildman–Crippen MR) is 98.8 cm³/mol. The first kappa shape index (κ1) is 19.7. The van der Waals surface area contributed by atoms with Gasteiger partial charge in [0, 0.05) is 18.2 Å². The summed E-state index contributed by atoms with van der Waals surface area (Å²) < 4.78 is 0.669. The van der Waals surface area contributed by atoms with Crippen molar-refractivity contribution in [3.05, 3.63) is 40.5 Å². The van der Waals surface area contributed by atoms with Crippen LogP contribution in [0.2, 0.25) is 0 Å². The van der Waals surface area contributed by atoms with E-state index < -0.39 is 0 Å². The van der Waals surface area contributed by atoms with Gasteiger partial charge in [-0.15, -0.1) is 12.4 Å². The maximum Gasteiger partial charge on any atom is 0.270 e. The van der Waals surface area contributed by atoms with Crippen molar-refractivity contribution in [2.24, 2.45) is 5.73 Å². The quantitative estimate of drug-likeness (QED) is 0.664. The minimum atomic E-state index is -0.187. The van der Waals surface area contributed by atoms with Crippen molar-refractivity contribution in [3.63, 3.8) is 0 Å². The van der Waals surface area contributed by atoms with Crippen molar-refractivity contribution < 1.29 is 4.79 Å². The van der Waals surface area contributed by atoms with E-state index in [0.29, 0.717) is 16.7 Å². The lowest BCUT2D eigenvalue weighted by molar-refractivity contribution is 0.0930. The largest absolute Gasteiger partial charge is 0.347 e. The van der Waals surface area contributed by atoms with Crippen LogP contribution in [0.1, 0.15) is 36.7 Å². The second kappa shape index (κ2) is 9.70. The molecule has 1 aromatic heterocycles. The molecule has 1 amide bonds. The van der Waals surface area contributed by atoms with Crippen LogP contribution in [0.25, 0.3) is 11.3 Å². The third kappa shape index (κ3) is 5.06. The van der Waals surface area contributed by atoms with Crippen LogP contribution in [-0.2, 0) is 0 Å². The van der Waals surface area contributed by atoms with Gasteiger partial charge in [0.15, 0.2) is 0 Å². The Labute approximate surface area is 151 Å². The van der Waals surface area contributed by atoms with E-state index in [1.54, 1.807) is 0 Å². The summed E-state index contributed by atoms with van der Waals surface area (Å²) in [7, 11) is 0. The van der Waals surface area contributed by atoms with E-state index in [4.69, 9.17) is 5.73 Å². The van der Waals surface area contributed by atoms with Gasteiger partial charge < -0.3 is 11.1 Å². The molecule has 126 valence electrons. The van der Waals surface area contributed by atoms with E-state index in [-0.39, 0.29) is 24.4 Å². The summed E-state index contributed by atoms with van der Waals surface area (Å²) in [6.07, 6.45) is 3.01. The third-order valence-corrected chi connectivity index (χ3v) is 4.28. The monoisotopic (exact) mass is 400 g/mol. The first-order valence-corrected chi connectivity index (χ1v) is 8.26. The van der Waals surface area contributed by atoms with Crippen molar-refractivity contribution in [2.45, 2.75) is 32.2 Å². The van der Waals surface area contributed by atoms with Crippen molar-refractivity contribution >= 4 is 34.2 Å². The van der Waals surface area contributed by atoms with E-state index >= 15 is 0 Å². The van der Waals surface area contributed by atoms with Crippen LogP contribution in [0.4, 0.5) is 0 Å². The maximum absolute atomic E-state index is 12.4. The molecule has 2 rings (SSSR count). The molecule has 1 aromatic carbocycles. The highest BCUT2D eigenvalue weighted by molar-refractivity contribution is 9.10. The van der Waals surface area contributed by atoms with Gasteiger partial charge in [0.1, 0.15) is 11.4 Å². The molecule has 5 nitrogen and oxygen atoms in total. The van der Waals surface area contributed by atoms with Gasteiger partial charge in [0.05, 0.1) is 4.47 Å². The van der Waals surface area contributed by atoms with E-state index in [2.05, 4.69) is 38.4 Å². The molecule has 0 fully saturated rings. The molecule has 23 heavy (non-hydrogen) atoms. The molecular weight excluding hydrogens is 380 g/mol. The van der Waals surface area contributed by atoms with Crippen molar-refractivity contribution in [2.75, 3.05) is 6.54 Å². The SMILES string of the molecule is CCCCC(CN)NC(=O)c1[nH]nc(-c2ccccc2)c1Br.Cl. The summed E-state index contributed by atoms with van der Waals surface area (Å²) in [6, 6.07) is 9.70. The zero-order chi connectivity index (χ0) is 15.9. The molecule has 0 saturated heterocycles. The zero-order valence-corrected chi connectivity index (χ0v) is 15.4. The number of carbonyl (C=O) groups excluding carboxylic acids is 1. The maximum atomic E-state index is 12.4. The lowest BCUT2D eigenvalue weighted by atomic mass is 10.1. The Bertz CT molecular complexity index is 618. The molecule has 0 saturated carbocycles. The van der Waals surface area contributed by atoms with Crippen molar-refractivity contribution in [3.8, 4) is 11.3 Å². The Hall–Kier alpha value is -1.37. The van der Waals surface area contributed by atoms with Gasteiger partial charge in [-0.3, -0.25) is 9.89 Å². The van der Waals surface area contributed by atoms with Crippen molar-refractivity contribution in [1.29, 1.82) is 0 Å². The van der Waals surface area contributed by atoms with Crippen LogP contribution in [0.15, 0.2) is 34.8 Å². The predicted octanol–water partition coefficient (Wildman–Crippen LogP) is 3.51. The molecule has 0 spiro atoms. The number of H-pyrrole nitrogens is 1. The summed E-state index contributed by atoms with van der Waals surface area (Å²) >= 11 is 3.47. The highest BCUT2D eigenvalue weighted by Gasteiger charge is 2.20. The number of unbranched alkanes of at least 4 members (excludes halogenated alkanes) is 1. The minimum Gasteiger partial charge on any atom is -0.347 e. The summed E-state index contributed by atoms with van der Waals surface area (Å²) in [5.74, 6) is -0.187. The molecule has 0 aliphatic rings. The van der Waals surface area contributed by atoms with Gasteiger partial charge in [-0.1, -0.05) is 50.1 Å². The number of halogens is 2. The van der Waals surface area contributed by atoms with Crippen LogP contribution in [-0.4, -0.2) is 28.7 Å². The molecule has 1 unspecified atom stereocenters. The number of aromatic amines is 1. The molecule has 0 radical (unpaired) electrons. The Morgan fingerprint density at radius 1 is 1.39 bits per heavy atom. The molecule has 0 bridgehead atoms. The first-order chi connectivity index (χ1) is 10.7. The average molecular weight is 402 g/mol. The fraction of sp³-hybridized carbons (Fsp3) is 0.375. The summed E-state index contributed by atoms with van der Waals surface area (Å²) in [6.45, 7) is 2.55. The van der Waals surface area contributed by atoms with Crippen LogP contribution in [0, 0.1) is 0 Å². The third-order valence-electron chi connectivity index (χ3n) is 3.51. The van der Waals surface area contributed by atoms with Gasteiger partial charge in [0.2, 0.25) is 0 Å². The Morgan fingerprint density at radius 2 is 2.09 bits per heavy atom. The fourth-order valence-electron chi connectivity index (χ4n) is 2.22. The van der Waals surface area contributed by atoms with Crippen LogP contribution < -0.4 is 11.1 Å². The minimum absolute atomic E-state index is 0. The molecule has 1 atom stereocenters. The highest BCUT2D eigenvalue weighted by Crippen LogP contribution is 2.28. The second-order valence-corrected chi connectivity index (χ2v) is 5.97. The molecule has 7 heteroatoms. The number of amides is 1. The molecule has 1 heterocycles. The standard InChI is InChI=1S/C16H21BrN4O.ClH/c1-2-3-9-12(10-18)19-16(22)15-13(17)14(20-21-15)11-7-5-4-6-8-11;/h4-8,12H,2-3,9-10,18H2,1H3,(H,19,22)(H,20,21);1H. The number of hydrogen-bond donors (Lipinski definition) is 3. The molecule has 0 aliphatic carbocycles. The number of rotatable bonds is 7. The van der Waals surface area contributed by atoms with Crippen LogP contribution in [0.3, 0.4) is 0 Å². The van der Waals surface area contributed by atoms with Crippen LogP contribution in [0.5, 0.6) is 0 Å². The molecule has 4 N–H and O–H groups in total. The number of aromatic nitrogens is 2. The second-order valence-electron chi connectivity index (χ2n) is 5.18. The topological polar surface area (TPSA) is 83.8 Å². The molecular formula is C16H22BrClN4O. The van der Waals surface area contributed by atoms with Gasteiger partial charge >= 0.3 is 0 Å². The normalized spacial score (nSPS) is 11.6. The number of carbonyl (C=O) groups is 1. The van der Waals surface area contributed by atoms with E-state index in [1.165, 1.54) is 0 Å². The number of hydrogen-bond acceptors (Lipinski definition) is 3. The Morgan fingerprint density at radius 3 is 2.70 bits per heavy atom. The van der Waals surface area contributed by atoms with Crippen LogP contribution >= 0.6 is 28.3 Å². The van der Waals surface area contributed by atoms with Gasteiger partial charge in [0.25, 0.3) is 5.91 Å². The van der Waals surface area contributed by atoms with E-state index in [9.17, 15) is 4.79 Å². The number of nitrogens with zero attached hydrogens (tertiary/aromatic N) is 1. The van der Waals surface area contributed by atoms with E-state index in [0.717, 1.165) is 30.5 Å². The lowest BCUT2D eigenvalue weighted by Gasteiger charge is -2.15. The summed E-state index contributed by atoms with van der Waals surface area (Å²) in [4.78, 5) is 12.4. The molecule has 2 aromatic rings.